The number of hydrogen-bond acceptors (Lipinski definition) is 7. The molecule has 8 heteroatoms. The van der Waals surface area contributed by atoms with Crippen molar-refractivity contribution in [1.29, 1.82) is 0 Å². The molecule has 0 atom stereocenters. The number of methoxy groups -OCH3 is 1. The van der Waals surface area contributed by atoms with Crippen molar-refractivity contribution < 1.29 is 24.0 Å². The average molecular weight is 322 g/mol. The molecule has 1 aliphatic rings. The summed E-state index contributed by atoms with van der Waals surface area (Å²) in [6.45, 7) is 0.983. The van der Waals surface area contributed by atoms with E-state index in [1.54, 1.807) is 6.07 Å². The molecule has 0 bridgehead atoms. The molecule has 0 N–H and O–H groups in total. The van der Waals surface area contributed by atoms with Crippen LogP contribution in [0.5, 0.6) is 0 Å². The van der Waals surface area contributed by atoms with E-state index < -0.39 is 23.5 Å². The summed E-state index contributed by atoms with van der Waals surface area (Å²) in [5, 5.41) is 11.3. The molecule has 8 nitrogen and oxygen atoms in total. The number of nitro groups is 1. The number of carbonyl (C=O) groups is 2. The fourth-order valence-electron chi connectivity index (χ4n) is 2.47. The second kappa shape index (κ2) is 7.57. The molecule has 0 amide bonds. The van der Waals surface area contributed by atoms with Crippen LogP contribution in [0.3, 0.4) is 0 Å². The Morgan fingerprint density at radius 1 is 1.26 bits per heavy atom. The zero-order valence-electron chi connectivity index (χ0n) is 12.8. The lowest BCUT2D eigenvalue weighted by Gasteiger charge is -2.28. The Morgan fingerprint density at radius 2 is 1.96 bits per heavy atom. The van der Waals surface area contributed by atoms with E-state index in [4.69, 9.17) is 4.74 Å². The number of piperidine rings is 1. The molecule has 1 heterocycles. The van der Waals surface area contributed by atoms with Crippen LogP contribution in [0.15, 0.2) is 18.2 Å². The summed E-state index contributed by atoms with van der Waals surface area (Å²) in [7, 11) is 1.18. The molecule has 0 aromatic heterocycles. The minimum absolute atomic E-state index is 0.0290. The predicted octanol–water partition coefficient (Wildman–Crippen LogP) is 1.91. The molecule has 1 aromatic carbocycles. The summed E-state index contributed by atoms with van der Waals surface area (Å²) in [4.78, 5) is 35.6. The third-order valence-electron chi connectivity index (χ3n) is 3.65. The second-order valence-corrected chi connectivity index (χ2v) is 5.16. The van der Waals surface area contributed by atoms with Crippen LogP contribution in [0.2, 0.25) is 0 Å². The van der Waals surface area contributed by atoms with Crippen molar-refractivity contribution in [2.75, 3.05) is 31.7 Å². The van der Waals surface area contributed by atoms with E-state index in [0.29, 0.717) is 5.69 Å². The van der Waals surface area contributed by atoms with E-state index in [0.717, 1.165) is 32.4 Å². The van der Waals surface area contributed by atoms with Gasteiger partial charge in [0.2, 0.25) is 0 Å². The first-order valence-electron chi connectivity index (χ1n) is 7.30. The number of benzene rings is 1. The zero-order valence-corrected chi connectivity index (χ0v) is 12.8. The van der Waals surface area contributed by atoms with Crippen molar-refractivity contribution in [2.45, 2.75) is 19.3 Å². The van der Waals surface area contributed by atoms with Crippen molar-refractivity contribution in [3.05, 3.63) is 33.9 Å². The lowest BCUT2D eigenvalue weighted by Crippen LogP contribution is -2.30. The van der Waals surface area contributed by atoms with Crippen LogP contribution < -0.4 is 4.90 Å². The maximum atomic E-state index is 11.9. The summed E-state index contributed by atoms with van der Waals surface area (Å²) in [5.41, 5.74) is 0.389. The number of nitro benzene ring substituents is 1. The molecule has 124 valence electrons. The normalized spacial score (nSPS) is 14.2. The molecule has 1 saturated heterocycles. The minimum atomic E-state index is -0.802. The van der Waals surface area contributed by atoms with Crippen LogP contribution in [-0.4, -0.2) is 43.7 Å². The smallest absolute Gasteiger partial charge is 0.344 e. The highest BCUT2D eigenvalue weighted by Crippen LogP contribution is 2.31. The maximum Gasteiger partial charge on any atom is 0.344 e. The van der Waals surface area contributed by atoms with Gasteiger partial charge in [-0.15, -0.1) is 0 Å². The van der Waals surface area contributed by atoms with Crippen LogP contribution >= 0.6 is 0 Å². The number of rotatable bonds is 5. The minimum Gasteiger partial charge on any atom is -0.466 e. The average Bonchev–Trinajstić information content (AvgIpc) is 2.59. The van der Waals surface area contributed by atoms with Crippen molar-refractivity contribution in [2.24, 2.45) is 0 Å². The highest BCUT2D eigenvalue weighted by Gasteiger charge is 2.23. The monoisotopic (exact) mass is 322 g/mol. The van der Waals surface area contributed by atoms with E-state index in [9.17, 15) is 19.7 Å². The molecule has 0 saturated carbocycles. The zero-order chi connectivity index (χ0) is 16.8. The fourth-order valence-corrected chi connectivity index (χ4v) is 2.47. The van der Waals surface area contributed by atoms with Gasteiger partial charge in [-0.25, -0.2) is 9.59 Å². The van der Waals surface area contributed by atoms with E-state index in [-0.39, 0.29) is 11.3 Å². The summed E-state index contributed by atoms with van der Waals surface area (Å²) < 4.78 is 9.12. The second-order valence-electron chi connectivity index (χ2n) is 5.16. The Hall–Kier alpha value is -2.64. The molecular formula is C15H18N2O6. The van der Waals surface area contributed by atoms with E-state index in [1.165, 1.54) is 19.2 Å². The van der Waals surface area contributed by atoms with Gasteiger partial charge in [0.1, 0.15) is 5.69 Å². The summed E-state index contributed by atoms with van der Waals surface area (Å²) in [5.74, 6) is -1.50. The molecule has 0 spiro atoms. The van der Waals surface area contributed by atoms with Crippen molar-refractivity contribution in [1.82, 2.24) is 0 Å². The third kappa shape index (κ3) is 4.18. The van der Waals surface area contributed by atoms with Crippen LogP contribution in [0, 0.1) is 10.1 Å². The summed E-state index contributed by atoms with van der Waals surface area (Å²) in [6, 6.07) is 4.21. The van der Waals surface area contributed by atoms with Crippen LogP contribution in [0.25, 0.3) is 0 Å². The van der Waals surface area contributed by atoms with Gasteiger partial charge < -0.3 is 14.4 Å². The molecule has 0 unspecified atom stereocenters. The molecular weight excluding hydrogens is 304 g/mol. The molecule has 23 heavy (non-hydrogen) atoms. The number of ether oxygens (including phenoxy) is 2. The quantitative estimate of drug-likeness (QED) is 0.464. The van der Waals surface area contributed by atoms with E-state index >= 15 is 0 Å². The Morgan fingerprint density at radius 3 is 2.57 bits per heavy atom. The maximum absolute atomic E-state index is 11.9. The Kier molecular flexibility index (Phi) is 5.51. The number of nitrogens with zero attached hydrogens (tertiary/aromatic N) is 2. The fraction of sp³-hybridized carbons (Fsp3) is 0.467. The van der Waals surface area contributed by atoms with Crippen molar-refractivity contribution in [3.63, 3.8) is 0 Å². The summed E-state index contributed by atoms with van der Waals surface area (Å²) >= 11 is 0. The van der Waals surface area contributed by atoms with Gasteiger partial charge in [-0.05, 0) is 31.4 Å². The van der Waals surface area contributed by atoms with Crippen molar-refractivity contribution in [3.8, 4) is 0 Å². The molecule has 1 fully saturated rings. The third-order valence-corrected chi connectivity index (χ3v) is 3.65. The van der Waals surface area contributed by atoms with Gasteiger partial charge in [-0.2, -0.15) is 0 Å². The van der Waals surface area contributed by atoms with Crippen LogP contribution in [-0.2, 0) is 14.3 Å². The lowest BCUT2D eigenvalue weighted by atomic mass is 10.1. The number of anilines is 1. The SMILES string of the molecule is COC(=O)COC(=O)c1ccc(N2CCCCC2)c([N+](=O)[O-])c1. The Balaban J connectivity index is 2.19. The van der Waals surface area contributed by atoms with Crippen LogP contribution in [0.4, 0.5) is 11.4 Å². The molecule has 1 aromatic rings. The largest absolute Gasteiger partial charge is 0.466 e. The first kappa shape index (κ1) is 16.7. The van der Waals surface area contributed by atoms with Crippen LogP contribution in [0.1, 0.15) is 29.6 Å². The molecule has 0 radical (unpaired) electrons. The molecule has 2 rings (SSSR count). The lowest BCUT2D eigenvalue weighted by molar-refractivity contribution is -0.384. The Labute approximate surface area is 133 Å². The predicted molar refractivity (Wildman–Crippen MR) is 81.5 cm³/mol. The summed E-state index contributed by atoms with van der Waals surface area (Å²) in [6.07, 6.45) is 3.09. The van der Waals surface area contributed by atoms with Gasteiger partial charge in [0.15, 0.2) is 6.61 Å². The number of hydrogen-bond donors (Lipinski definition) is 0. The Bertz CT molecular complexity index is 610. The first-order valence-corrected chi connectivity index (χ1v) is 7.30. The van der Waals surface area contributed by atoms with Gasteiger partial charge >= 0.3 is 11.9 Å². The van der Waals surface area contributed by atoms with Gasteiger partial charge in [0, 0.05) is 19.2 Å². The molecule has 0 aliphatic carbocycles. The number of carbonyl (C=O) groups excluding carboxylic acids is 2. The van der Waals surface area contributed by atoms with Crippen molar-refractivity contribution >= 4 is 23.3 Å². The van der Waals surface area contributed by atoms with Gasteiger partial charge in [0.25, 0.3) is 5.69 Å². The van der Waals surface area contributed by atoms with Gasteiger partial charge in [-0.3, -0.25) is 10.1 Å². The topological polar surface area (TPSA) is 99.0 Å². The highest BCUT2D eigenvalue weighted by molar-refractivity contribution is 5.92. The highest BCUT2D eigenvalue weighted by atomic mass is 16.6. The van der Waals surface area contributed by atoms with E-state index in [2.05, 4.69) is 4.74 Å². The van der Waals surface area contributed by atoms with Gasteiger partial charge in [-0.1, -0.05) is 0 Å². The standard InChI is InChI=1S/C15H18N2O6/c1-22-14(18)10-23-15(19)11-5-6-12(13(9-11)17(20)21)16-7-3-2-4-8-16/h5-6,9H,2-4,7-8,10H2,1H3. The first-order chi connectivity index (χ1) is 11.0. The molecule has 1 aliphatic heterocycles. The van der Waals surface area contributed by atoms with E-state index in [1.807, 2.05) is 4.90 Å². The number of esters is 2. The van der Waals surface area contributed by atoms with Gasteiger partial charge in [0.05, 0.1) is 17.6 Å².